The van der Waals surface area contributed by atoms with E-state index in [0.717, 1.165) is 12.1 Å². The van der Waals surface area contributed by atoms with E-state index in [-0.39, 0.29) is 11.4 Å². The van der Waals surface area contributed by atoms with Gasteiger partial charge < -0.3 is 5.32 Å². The molecule has 4 nitrogen and oxygen atoms in total. The molecule has 0 bridgehead atoms. The van der Waals surface area contributed by atoms with E-state index in [1.165, 1.54) is 10.7 Å². The first-order valence-electron chi connectivity index (χ1n) is 5.24. The fourth-order valence-corrected chi connectivity index (χ4v) is 1.60. The molecule has 1 aromatic carbocycles. The van der Waals surface area contributed by atoms with Crippen molar-refractivity contribution in [1.29, 1.82) is 0 Å². The van der Waals surface area contributed by atoms with Crippen LogP contribution in [0.2, 0.25) is 0 Å². The van der Waals surface area contributed by atoms with Gasteiger partial charge in [0.05, 0.1) is 0 Å². The lowest BCUT2D eigenvalue weighted by molar-refractivity contribution is 0.102. The van der Waals surface area contributed by atoms with Gasteiger partial charge in [0.25, 0.3) is 5.91 Å². The van der Waals surface area contributed by atoms with Crippen molar-refractivity contribution < 1.29 is 13.6 Å². The second kappa shape index (κ2) is 4.56. The Labute approximate surface area is 102 Å². The van der Waals surface area contributed by atoms with Gasteiger partial charge in [-0.15, -0.1) is 0 Å². The predicted octanol–water partition coefficient (Wildman–Crippen LogP) is 2.26. The molecule has 0 unspecified atom stereocenters. The molecule has 0 aliphatic heterocycles. The van der Waals surface area contributed by atoms with Crippen molar-refractivity contribution in [2.75, 3.05) is 5.32 Å². The second-order valence-electron chi connectivity index (χ2n) is 3.92. The maximum Gasteiger partial charge on any atom is 0.276 e. The highest BCUT2D eigenvalue weighted by atomic mass is 19.2. The van der Waals surface area contributed by atoms with Gasteiger partial charge in [0.1, 0.15) is 0 Å². The van der Waals surface area contributed by atoms with Crippen LogP contribution in [0.5, 0.6) is 0 Å². The Kier molecular flexibility index (Phi) is 3.10. The van der Waals surface area contributed by atoms with Crippen LogP contribution in [0.4, 0.5) is 14.5 Å². The van der Waals surface area contributed by atoms with E-state index in [1.807, 2.05) is 0 Å². The Bertz CT molecular complexity index is 607. The summed E-state index contributed by atoms with van der Waals surface area (Å²) in [6, 6.07) is 3.16. The monoisotopic (exact) mass is 251 g/mol. The number of carbonyl (C=O) groups excluding carboxylic acids is 1. The molecule has 0 aliphatic rings. The van der Waals surface area contributed by atoms with Gasteiger partial charge in [0.2, 0.25) is 0 Å². The summed E-state index contributed by atoms with van der Waals surface area (Å²) in [6.45, 7) is 1.74. The highest BCUT2D eigenvalue weighted by Gasteiger charge is 2.14. The number of hydrogen-bond donors (Lipinski definition) is 1. The summed E-state index contributed by atoms with van der Waals surface area (Å²) in [4.78, 5) is 11.8. The number of carbonyl (C=O) groups is 1. The Hall–Kier alpha value is -2.24. The Morgan fingerprint density at radius 1 is 1.33 bits per heavy atom. The van der Waals surface area contributed by atoms with E-state index in [4.69, 9.17) is 0 Å². The number of rotatable bonds is 2. The topological polar surface area (TPSA) is 46.9 Å². The number of nitrogens with zero attached hydrogens (tertiary/aromatic N) is 2. The molecule has 0 aliphatic carbocycles. The molecule has 1 amide bonds. The minimum Gasteiger partial charge on any atom is -0.320 e. The average Bonchev–Trinajstić information content (AvgIpc) is 2.63. The highest BCUT2D eigenvalue weighted by molar-refractivity contribution is 6.03. The van der Waals surface area contributed by atoms with E-state index < -0.39 is 17.5 Å². The van der Waals surface area contributed by atoms with Crippen molar-refractivity contribution in [2.24, 2.45) is 7.05 Å². The van der Waals surface area contributed by atoms with Crippen LogP contribution in [0.3, 0.4) is 0 Å². The SMILES string of the molecule is Cc1cn(C)nc1C(=O)Nc1ccc(F)c(F)c1. The molecule has 18 heavy (non-hydrogen) atoms. The Balaban J connectivity index is 2.21. The fourth-order valence-electron chi connectivity index (χ4n) is 1.60. The third-order valence-corrected chi connectivity index (χ3v) is 2.40. The van der Waals surface area contributed by atoms with E-state index in [2.05, 4.69) is 10.4 Å². The summed E-state index contributed by atoms with van der Waals surface area (Å²) in [7, 11) is 1.70. The number of halogens is 2. The zero-order valence-electron chi connectivity index (χ0n) is 9.87. The number of benzene rings is 1. The molecule has 1 aromatic heterocycles. The number of amides is 1. The summed E-state index contributed by atoms with van der Waals surface area (Å²) in [6.07, 6.45) is 1.69. The average molecular weight is 251 g/mol. The number of hydrogen-bond acceptors (Lipinski definition) is 2. The third kappa shape index (κ3) is 2.37. The van der Waals surface area contributed by atoms with Gasteiger partial charge in [0, 0.05) is 30.6 Å². The van der Waals surface area contributed by atoms with Gasteiger partial charge in [-0.05, 0) is 19.1 Å². The zero-order chi connectivity index (χ0) is 13.3. The standard InChI is InChI=1S/C12H11F2N3O/c1-7-6-17(2)16-11(7)12(18)15-8-3-4-9(13)10(14)5-8/h3-6H,1-2H3,(H,15,18). The number of aryl methyl sites for hydroxylation is 2. The van der Waals surface area contributed by atoms with Crippen LogP contribution in [0.15, 0.2) is 24.4 Å². The molecule has 2 aromatic rings. The molecular weight excluding hydrogens is 240 g/mol. The van der Waals surface area contributed by atoms with E-state index in [0.29, 0.717) is 5.56 Å². The summed E-state index contributed by atoms with van der Waals surface area (Å²) in [5.74, 6) is -2.42. The zero-order valence-corrected chi connectivity index (χ0v) is 9.87. The van der Waals surface area contributed by atoms with E-state index >= 15 is 0 Å². The van der Waals surface area contributed by atoms with Crippen molar-refractivity contribution in [3.8, 4) is 0 Å². The van der Waals surface area contributed by atoms with Crippen molar-refractivity contribution in [3.63, 3.8) is 0 Å². The first-order valence-corrected chi connectivity index (χ1v) is 5.24. The van der Waals surface area contributed by atoms with Gasteiger partial charge in [-0.25, -0.2) is 8.78 Å². The van der Waals surface area contributed by atoms with Crippen LogP contribution in [-0.2, 0) is 7.05 Å². The van der Waals surface area contributed by atoms with Crippen LogP contribution in [0.25, 0.3) is 0 Å². The van der Waals surface area contributed by atoms with Gasteiger partial charge in [0.15, 0.2) is 17.3 Å². The lowest BCUT2D eigenvalue weighted by Crippen LogP contribution is -2.14. The maximum atomic E-state index is 13.0. The van der Waals surface area contributed by atoms with Gasteiger partial charge in [-0.1, -0.05) is 0 Å². The summed E-state index contributed by atoms with van der Waals surface area (Å²) < 4.78 is 27.2. The van der Waals surface area contributed by atoms with Gasteiger partial charge >= 0.3 is 0 Å². The normalized spacial score (nSPS) is 10.4. The van der Waals surface area contributed by atoms with Crippen LogP contribution >= 0.6 is 0 Å². The van der Waals surface area contributed by atoms with Crippen LogP contribution in [0, 0.1) is 18.6 Å². The maximum absolute atomic E-state index is 13.0. The largest absolute Gasteiger partial charge is 0.320 e. The lowest BCUT2D eigenvalue weighted by atomic mass is 10.2. The lowest BCUT2D eigenvalue weighted by Gasteiger charge is -2.04. The molecule has 1 N–H and O–H groups in total. The predicted molar refractivity (Wildman–Crippen MR) is 62.3 cm³/mol. The first kappa shape index (κ1) is 12.2. The molecule has 1 heterocycles. The van der Waals surface area contributed by atoms with Gasteiger partial charge in [-0.2, -0.15) is 5.10 Å². The smallest absolute Gasteiger partial charge is 0.276 e. The van der Waals surface area contributed by atoms with Crippen molar-refractivity contribution in [1.82, 2.24) is 9.78 Å². The minimum absolute atomic E-state index is 0.184. The van der Waals surface area contributed by atoms with Crippen LogP contribution < -0.4 is 5.32 Å². The number of anilines is 1. The number of nitrogens with one attached hydrogen (secondary N) is 1. The molecule has 6 heteroatoms. The molecule has 2 rings (SSSR count). The van der Waals surface area contributed by atoms with Crippen LogP contribution in [0.1, 0.15) is 16.1 Å². The molecule has 0 radical (unpaired) electrons. The highest BCUT2D eigenvalue weighted by Crippen LogP contribution is 2.14. The Morgan fingerprint density at radius 2 is 2.06 bits per heavy atom. The molecule has 0 atom stereocenters. The molecule has 0 spiro atoms. The molecule has 0 fully saturated rings. The molecular formula is C12H11F2N3O. The van der Waals surface area contributed by atoms with Crippen molar-refractivity contribution in [3.05, 3.63) is 47.3 Å². The number of aromatic nitrogens is 2. The third-order valence-electron chi connectivity index (χ3n) is 2.40. The van der Waals surface area contributed by atoms with Crippen molar-refractivity contribution in [2.45, 2.75) is 6.92 Å². The summed E-state index contributed by atoms with van der Waals surface area (Å²) >= 11 is 0. The van der Waals surface area contributed by atoms with E-state index in [1.54, 1.807) is 20.2 Å². The molecule has 0 saturated heterocycles. The van der Waals surface area contributed by atoms with E-state index in [9.17, 15) is 13.6 Å². The minimum atomic E-state index is -1.01. The summed E-state index contributed by atoms with van der Waals surface area (Å²) in [5, 5.41) is 6.44. The second-order valence-corrected chi connectivity index (χ2v) is 3.92. The quantitative estimate of drug-likeness (QED) is 0.889. The fraction of sp³-hybridized carbons (Fsp3) is 0.167. The molecule has 94 valence electrons. The Morgan fingerprint density at radius 3 is 2.61 bits per heavy atom. The molecule has 0 saturated carbocycles. The van der Waals surface area contributed by atoms with Crippen molar-refractivity contribution >= 4 is 11.6 Å². The summed E-state index contributed by atoms with van der Waals surface area (Å²) in [5.41, 5.74) is 1.14. The van der Waals surface area contributed by atoms with Gasteiger partial charge in [-0.3, -0.25) is 9.48 Å². The first-order chi connectivity index (χ1) is 8.47. The van der Waals surface area contributed by atoms with Crippen LogP contribution in [-0.4, -0.2) is 15.7 Å².